The van der Waals surface area contributed by atoms with Crippen molar-refractivity contribution < 1.29 is 4.79 Å². The van der Waals surface area contributed by atoms with Crippen molar-refractivity contribution in [1.29, 1.82) is 0 Å². The van der Waals surface area contributed by atoms with Crippen molar-refractivity contribution in [2.75, 3.05) is 13.1 Å². The summed E-state index contributed by atoms with van der Waals surface area (Å²) < 4.78 is 0. The van der Waals surface area contributed by atoms with Crippen molar-refractivity contribution in [3.8, 4) is 0 Å². The minimum Gasteiger partial charge on any atom is -0.341 e. The van der Waals surface area contributed by atoms with Crippen molar-refractivity contribution in [3.63, 3.8) is 0 Å². The summed E-state index contributed by atoms with van der Waals surface area (Å²) in [5.74, 6) is 3.15. The molecule has 2 aliphatic rings. The van der Waals surface area contributed by atoms with Gasteiger partial charge in [-0.15, -0.1) is 0 Å². The summed E-state index contributed by atoms with van der Waals surface area (Å²) in [7, 11) is 0. The van der Waals surface area contributed by atoms with Gasteiger partial charge in [0, 0.05) is 31.8 Å². The Morgan fingerprint density at radius 3 is 2.79 bits per heavy atom. The van der Waals surface area contributed by atoms with Crippen LogP contribution >= 0.6 is 0 Å². The van der Waals surface area contributed by atoms with Crippen LogP contribution in [-0.4, -0.2) is 39.1 Å². The first-order valence-corrected chi connectivity index (χ1v) is 9.73. The van der Waals surface area contributed by atoms with E-state index in [2.05, 4.69) is 35.9 Å². The zero-order chi connectivity index (χ0) is 17.2. The maximum Gasteiger partial charge on any atom is 0.222 e. The second-order valence-corrected chi connectivity index (χ2v) is 8.22. The Morgan fingerprint density at radius 1 is 1.38 bits per heavy atom. The molecule has 1 saturated carbocycles. The molecule has 134 valence electrons. The second-order valence-electron chi connectivity index (χ2n) is 8.22. The molecular weight excluding hydrogens is 300 g/mol. The Hall–Kier alpha value is -1.39. The van der Waals surface area contributed by atoms with Gasteiger partial charge in [-0.05, 0) is 37.0 Å². The Morgan fingerprint density at radius 2 is 2.12 bits per heavy atom. The van der Waals surface area contributed by atoms with Crippen LogP contribution in [0.2, 0.25) is 0 Å². The number of hydrogen-bond acceptors (Lipinski definition) is 3. The van der Waals surface area contributed by atoms with Crippen LogP contribution in [0.5, 0.6) is 0 Å². The first-order chi connectivity index (χ1) is 11.5. The Bertz CT molecular complexity index is 559. The molecule has 1 aromatic heterocycles. The third-order valence-corrected chi connectivity index (χ3v) is 5.88. The van der Waals surface area contributed by atoms with Crippen molar-refractivity contribution >= 4 is 5.91 Å². The topological polar surface area (TPSA) is 61.9 Å². The number of aromatic amines is 1. The molecule has 3 rings (SSSR count). The van der Waals surface area contributed by atoms with Gasteiger partial charge in [0.15, 0.2) is 5.82 Å². The fraction of sp³-hybridized carbons (Fsp3) is 0.842. The highest BCUT2D eigenvalue weighted by molar-refractivity contribution is 5.76. The minimum absolute atomic E-state index is 0.221. The molecule has 1 aliphatic carbocycles. The molecule has 5 heteroatoms. The van der Waals surface area contributed by atoms with Gasteiger partial charge >= 0.3 is 0 Å². The van der Waals surface area contributed by atoms with Gasteiger partial charge < -0.3 is 4.90 Å². The first-order valence-electron chi connectivity index (χ1n) is 9.73. The van der Waals surface area contributed by atoms with Crippen molar-refractivity contribution in [1.82, 2.24) is 20.1 Å². The van der Waals surface area contributed by atoms with Gasteiger partial charge in [0.1, 0.15) is 5.82 Å². The number of aromatic nitrogens is 3. The van der Waals surface area contributed by atoms with E-state index in [0.29, 0.717) is 24.2 Å². The van der Waals surface area contributed by atoms with Gasteiger partial charge in [0.25, 0.3) is 0 Å². The fourth-order valence-electron chi connectivity index (χ4n) is 4.48. The summed E-state index contributed by atoms with van der Waals surface area (Å²) in [5, 5.41) is 7.64. The zero-order valence-electron chi connectivity index (χ0n) is 15.5. The molecule has 1 amide bonds. The summed E-state index contributed by atoms with van der Waals surface area (Å²) in [6, 6.07) is 0. The van der Waals surface area contributed by atoms with Crippen LogP contribution in [0.4, 0.5) is 0 Å². The predicted octanol–water partition coefficient (Wildman–Crippen LogP) is 3.68. The largest absolute Gasteiger partial charge is 0.341 e. The lowest BCUT2D eigenvalue weighted by Crippen LogP contribution is -2.31. The van der Waals surface area contributed by atoms with E-state index in [1.54, 1.807) is 0 Å². The summed E-state index contributed by atoms with van der Waals surface area (Å²) in [4.78, 5) is 19.5. The number of likely N-dealkylation sites (tertiary alicyclic amines) is 1. The maximum atomic E-state index is 12.7. The number of aryl methyl sites for hydroxylation is 1. The van der Waals surface area contributed by atoms with Crippen molar-refractivity contribution in [3.05, 3.63) is 11.6 Å². The zero-order valence-corrected chi connectivity index (χ0v) is 15.5. The molecule has 1 saturated heterocycles. The van der Waals surface area contributed by atoms with Crippen LogP contribution in [-0.2, 0) is 11.2 Å². The average Bonchev–Trinajstić information content (AvgIpc) is 3.27. The number of nitrogens with one attached hydrogen (secondary N) is 1. The summed E-state index contributed by atoms with van der Waals surface area (Å²) >= 11 is 0. The standard InChI is InChI=1S/C19H32N4O/c1-4-7-16-20-18(22-21-16)15-12-23(17(24)9-8-14(2)3)13-19(15)10-5-6-11-19/h14-15H,4-13H2,1-3H3,(H,20,21,22). The third kappa shape index (κ3) is 3.50. The fourth-order valence-corrected chi connectivity index (χ4v) is 4.48. The van der Waals surface area contributed by atoms with Crippen LogP contribution in [0, 0.1) is 11.3 Å². The van der Waals surface area contributed by atoms with E-state index >= 15 is 0 Å². The van der Waals surface area contributed by atoms with Crippen LogP contribution in [0.15, 0.2) is 0 Å². The molecule has 0 aromatic carbocycles. The molecule has 0 radical (unpaired) electrons. The molecule has 5 nitrogen and oxygen atoms in total. The monoisotopic (exact) mass is 332 g/mol. The van der Waals surface area contributed by atoms with Gasteiger partial charge in [-0.25, -0.2) is 4.98 Å². The smallest absolute Gasteiger partial charge is 0.222 e. The highest BCUT2D eigenvalue weighted by atomic mass is 16.2. The predicted molar refractivity (Wildman–Crippen MR) is 94.7 cm³/mol. The van der Waals surface area contributed by atoms with Crippen molar-refractivity contribution in [2.45, 2.75) is 78.1 Å². The lowest BCUT2D eigenvalue weighted by atomic mass is 9.76. The molecule has 1 aliphatic heterocycles. The lowest BCUT2D eigenvalue weighted by Gasteiger charge is -2.27. The first kappa shape index (κ1) is 17.4. The molecule has 1 spiro atoms. The number of hydrogen-bond donors (Lipinski definition) is 1. The summed E-state index contributed by atoms with van der Waals surface area (Å²) in [5.41, 5.74) is 0.221. The molecule has 0 bridgehead atoms. The molecule has 24 heavy (non-hydrogen) atoms. The second kappa shape index (κ2) is 7.24. The van der Waals surface area contributed by atoms with Crippen LogP contribution in [0.3, 0.4) is 0 Å². The molecule has 2 heterocycles. The van der Waals surface area contributed by atoms with Crippen LogP contribution < -0.4 is 0 Å². The van der Waals surface area contributed by atoms with E-state index in [1.807, 2.05) is 0 Å². The molecular formula is C19H32N4O. The summed E-state index contributed by atoms with van der Waals surface area (Å²) in [6.45, 7) is 8.24. The van der Waals surface area contributed by atoms with Gasteiger partial charge in [0.2, 0.25) is 5.91 Å². The Kier molecular flexibility index (Phi) is 5.26. The SMILES string of the molecule is CCCc1nc(C2CN(C(=O)CCC(C)C)CC23CCCC3)n[nH]1. The maximum absolute atomic E-state index is 12.7. The Labute approximate surface area is 145 Å². The van der Waals surface area contributed by atoms with E-state index in [0.717, 1.165) is 44.0 Å². The van der Waals surface area contributed by atoms with E-state index in [-0.39, 0.29) is 5.41 Å². The van der Waals surface area contributed by atoms with E-state index in [4.69, 9.17) is 4.98 Å². The Balaban J connectivity index is 1.75. The summed E-state index contributed by atoms with van der Waals surface area (Å²) in [6.07, 6.45) is 8.65. The highest BCUT2D eigenvalue weighted by Gasteiger charge is 2.51. The third-order valence-electron chi connectivity index (χ3n) is 5.88. The van der Waals surface area contributed by atoms with Crippen molar-refractivity contribution in [2.24, 2.45) is 11.3 Å². The number of carbonyl (C=O) groups excluding carboxylic acids is 1. The number of rotatable bonds is 6. The molecule has 1 atom stereocenters. The highest BCUT2D eigenvalue weighted by Crippen LogP contribution is 2.52. The number of carbonyl (C=O) groups is 1. The average molecular weight is 332 g/mol. The van der Waals surface area contributed by atoms with Gasteiger partial charge in [-0.2, -0.15) is 5.10 Å². The normalized spacial score (nSPS) is 22.8. The van der Waals surface area contributed by atoms with E-state index in [1.165, 1.54) is 25.7 Å². The number of nitrogens with zero attached hydrogens (tertiary/aromatic N) is 3. The van der Waals surface area contributed by atoms with E-state index < -0.39 is 0 Å². The molecule has 1 aromatic rings. The lowest BCUT2D eigenvalue weighted by molar-refractivity contribution is -0.130. The van der Waals surface area contributed by atoms with Crippen LogP contribution in [0.25, 0.3) is 0 Å². The van der Waals surface area contributed by atoms with Gasteiger partial charge in [0.05, 0.1) is 0 Å². The molecule has 1 unspecified atom stereocenters. The van der Waals surface area contributed by atoms with Gasteiger partial charge in [-0.3, -0.25) is 9.89 Å². The molecule has 1 N–H and O–H groups in total. The number of H-pyrrole nitrogens is 1. The molecule has 2 fully saturated rings. The van der Waals surface area contributed by atoms with Crippen LogP contribution in [0.1, 0.15) is 83.3 Å². The van der Waals surface area contributed by atoms with E-state index in [9.17, 15) is 4.79 Å². The minimum atomic E-state index is 0.221. The number of amides is 1. The van der Waals surface area contributed by atoms with Gasteiger partial charge in [-0.1, -0.05) is 33.6 Å². The quantitative estimate of drug-likeness (QED) is 0.864.